The molecule has 0 aliphatic carbocycles. The number of likely N-dealkylation sites (N-methyl/N-ethyl adjacent to an activating group) is 1. The molecule has 0 bridgehead atoms. The van der Waals surface area contributed by atoms with Crippen LogP contribution in [0.2, 0.25) is 0 Å². The number of halogens is 1. The molecular weight excluding hydrogens is 338 g/mol. The van der Waals surface area contributed by atoms with Crippen LogP contribution in [0.1, 0.15) is 18.1 Å². The monoisotopic (exact) mass is 363 g/mol. The Balaban J connectivity index is 0.00000312. The summed E-state index contributed by atoms with van der Waals surface area (Å²) in [7, 11) is 3.62. The van der Waals surface area contributed by atoms with Gasteiger partial charge in [-0.3, -0.25) is 0 Å². The van der Waals surface area contributed by atoms with Gasteiger partial charge in [-0.2, -0.15) is 0 Å². The molecule has 1 unspecified atom stereocenters. The first-order valence-corrected chi connectivity index (χ1v) is 8.29. The first-order chi connectivity index (χ1) is 11.6. The zero-order valence-corrected chi connectivity index (χ0v) is 15.8. The summed E-state index contributed by atoms with van der Waals surface area (Å²) in [6, 6.07) is 19.0. The average Bonchev–Trinajstić information content (AvgIpc) is 2.64. The molecule has 0 spiro atoms. The Labute approximate surface area is 156 Å². The van der Waals surface area contributed by atoms with Crippen molar-refractivity contribution in [2.24, 2.45) is 0 Å². The third-order valence-corrected chi connectivity index (χ3v) is 4.32. The van der Waals surface area contributed by atoms with Crippen LogP contribution in [0.4, 0.5) is 0 Å². The van der Waals surface area contributed by atoms with E-state index in [2.05, 4.69) is 14.0 Å². The molecule has 2 aromatic rings. The van der Waals surface area contributed by atoms with Crippen molar-refractivity contribution in [2.45, 2.75) is 12.5 Å². The highest BCUT2D eigenvalue weighted by molar-refractivity contribution is 5.85. The molecule has 0 aliphatic heterocycles. The lowest BCUT2D eigenvalue weighted by Gasteiger charge is -2.31. The van der Waals surface area contributed by atoms with Crippen LogP contribution in [-0.2, 0) is 19.9 Å². The minimum atomic E-state index is -1.25. The highest BCUT2D eigenvalue weighted by Gasteiger charge is 2.44. The van der Waals surface area contributed by atoms with Crippen LogP contribution >= 0.6 is 0 Å². The van der Waals surface area contributed by atoms with E-state index in [9.17, 15) is 4.79 Å². The van der Waals surface area contributed by atoms with Crippen molar-refractivity contribution in [3.05, 3.63) is 71.8 Å². The van der Waals surface area contributed by atoms with Crippen molar-refractivity contribution in [3.8, 4) is 0 Å². The highest BCUT2D eigenvalue weighted by Crippen LogP contribution is 2.34. The Kier molecular flexibility index (Phi) is 8.62. The SMILES string of the molecule is CC[NH+](C)CCOC(=O)C(OC)(c1ccccc1)c1ccccc1.[Cl-]. The number of hydrogen-bond acceptors (Lipinski definition) is 3. The minimum Gasteiger partial charge on any atom is -1.00 e. The molecule has 0 heterocycles. The number of carbonyl (C=O) groups excluding carboxylic acids is 1. The largest absolute Gasteiger partial charge is 1.00 e. The van der Waals surface area contributed by atoms with Gasteiger partial charge < -0.3 is 26.8 Å². The number of methoxy groups -OCH3 is 1. The van der Waals surface area contributed by atoms with Gasteiger partial charge >= 0.3 is 5.97 Å². The molecule has 0 fully saturated rings. The molecule has 0 aliphatic rings. The standard InChI is InChI=1S/C20H25NO3.ClH/c1-4-21(2)15-16-24-19(22)20(23-3,17-11-7-5-8-12-17)18-13-9-6-10-14-18;/h5-14H,4,15-16H2,1-3H3;1H. The van der Waals surface area contributed by atoms with E-state index >= 15 is 0 Å². The quantitative estimate of drug-likeness (QED) is 0.590. The van der Waals surface area contributed by atoms with Gasteiger partial charge in [-0.1, -0.05) is 60.7 Å². The predicted octanol–water partition coefficient (Wildman–Crippen LogP) is -1.34. The Morgan fingerprint density at radius 2 is 1.48 bits per heavy atom. The normalized spacial score (nSPS) is 12.1. The first kappa shape index (κ1) is 21.2. The van der Waals surface area contributed by atoms with Gasteiger partial charge in [-0.15, -0.1) is 0 Å². The molecule has 2 rings (SSSR count). The Morgan fingerprint density at radius 1 is 1.00 bits per heavy atom. The van der Waals surface area contributed by atoms with Crippen LogP contribution in [0.5, 0.6) is 0 Å². The second-order valence-corrected chi connectivity index (χ2v) is 5.81. The third-order valence-electron chi connectivity index (χ3n) is 4.32. The van der Waals surface area contributed by atoms with E-state index in [1.54, 1.807) is 7.11 Å². The summed E-state index contributed by atoms with van der Waals surface area (Å²) < 4.78 is 11.4. The zero-order valence-electron chi connectivity index (χ0n) is 15.0. The number of esters is 1. The van der Waals surface area contributed by atoms with Crippen molar-refractivity contribution in [2.75, 3.05) is 33.9 Å². The molecule has 0 aromatic heterocycles. The number of benzene rings is 2. The van der Waals surface area contributed by atoms with E-state index < -0.39 is 5.60 Å². The van der Waals surface area contributed by atoms with Crippen LogP contribution in [0.3, 0.4) is 0 Å². The average molecular weight is 364 g/mol. The van der Waals surface area contributed by atoms with E-state index in [0.29, 0.717) is 6.61 Å². The van der Waals surface area contributed by atoms with Crippen molar-refractivity contribution in [3.63, 3.8) is 0 Å². The summed E-state index contributed by atoms with van der Waals surface area (Å²) in [5.74, 6) is -0.383. The number of carbonyl (C=O) groups is 1. The molecule has 0 saturated carbocycles. The molecule has 0 saturated heterocycles. The van der Waals surface area contributed by atoms with Crippen molar-refractivity contribution >= 4 is 5.97 Å². The molecule has 0 amide bonds. The lowest BCUT2D eigenvalue weighted by Crippen LogP contribution is -3.09. The predicted molar refractivity (Wildman–Crippen MR) is 93.9 cm³/mol. The van der Waals surface area contributed by atoms with Crippen LogP contribution in [0.15, 0.2) is 60.7 Å². The summed E-state index contributed by atoms with van der Waals surface area (Å²) in [4.78, 5) is 14.3. The van der Waals surface area contributed by atoms with Crippen molar-refractivity contribution in [1.29, 1.82) is 0 Å². The summed E-state index contributed by atoms with van der Waals surface area (Å²) >= 11 is 0. The van der Waals surface area contributed by atoms with Gasteiger partial charge in [0.05, 0.1) is 13.6 Å². The molecule has 4 nitrogen and oxygen atoms in total. The fraction of sp³-hybridized carbons (Fsp3) is 0.350. The number of ether oxygens (including phenoxy) is 2. The summed E-state index contributed by atoms with van der Waals surface area (Å²) in [5.41, 5.74) is 0.280. The molecule has 136 valence electrons. The molecule has 1 atom stereocenters. The Bertz CT molecular complexity index is 594. The molecular formula is C20H26ClNO3. The Morgan fingerprint density at radius 3 is 1.88 bits per heavy atom. The number of quaternary nitrogens is 1. The fourth-order valence-corrected chi connectivity index (χ4v) is 2.66. The molecule has 2 aromatic carbocycles. The third kappa shape index (κ3) is 4.82. The van der Waals surface area contributed by atoms with Gasteiger partial charge in [0.15, 0.2) is 0 Å². The fourth-order valence-electron chi connectivity index (χ4n) is 2.66. The molecule has 5 heteroatoms. The maximum Gasteiger partial charge on any atom is 0.348 e. The minimum absolute atomic E-state index is 0. The number of hydrogen-bond donors (Lipinski definition) is 1. The smallest absolute Gasteiger partial charge is 0.348 e. The van der Waals surface area contributed by atoms with Crippen LogP contribution in [0.25, 0.3) is 0 Å². The van der Waals surface area contributed by atoms with E-state index in [1.165, 1.54) is 4.90 Å². The molecule has 1 N–H and O–H groups in total. The number of nitrogens with one attached hydrogen (secondary N) is 1. The van der Waals surface area contributed by atoms with Crippen molar-refractivity contribution in [1.82, 2.24) is 0 Å². The van der Waals surface area contributed by atoms with Crippen LogP contribution in [0, 0.1) is 0 Å². The number of rotatable bonds is 8. The zero-order chi connectivity index (χ0) is 17.4. The summed E-state index contributed by atoms with van der Waals surface area (Å²) in [5, 5.41) is 0. The highest BCUT2D eigenvalue weighted by atomic mass is 35.5. The summed E-state index contributed by atoms with van der Waals surface area (Å²) in [6.07, 6.45) is 0. The topological polar surface area (TPSA) is 40.0 Å². The maximum atomic E-state index is 13.0. The van der Waals surface area contributed by atoms with E-state index in [0.717, 1.165) is 24.2 Å². The van der Waals surface area contributed by atoms with Gasteiger partial charge in [0, 0.05) is 7.11 Å². The first-order valence-electron chi connectivity index (χ1n) is 8.29. The molecule has 0 radical (unpaired) electrons. The lowest BCUT2D eigenvalue weighted by atomic mass is 9.86. The van der Waals surface area contributed by atoms with Gasteiger partial charge in [0.2, 0.25) is 5.60 Å². The maximum absolute atomic E-state index is 13.0. The van der Waals surface area contributed by atoms with Crippen LogP contribution < -0.4 is 17.3 Å². The Hall–Kier alpha value is -1.88. The van der Waals surface area contributed by atoms with Gasteiger partial charge in [0.25, 0.3) is 0 Å². The lowest BCUT2D eigenvalue weighted by molar-refractivity contribution is -0.877. The van der Waals surface area contributed by atoms with E-state index in [1.807, 2.05) is 60.7 Å². The van der Waals surface area contributed by atoms with Crippen molar-refractivity contribution < 1.29 is 31.6 Å². The van der Waals surface area contributed by atoms with Gasteiger partial charge in [-0.25, -0.2) is 4.79 Å². The molecule has 25 heavy (non-hydrogen) atoms. The second-order valence-electron chi connectivity index (χ2n) is 5.81. The van der Waals surface area contributed by atoms with E-state index in [4.69, 9.17) is 9.47 Å². The van der Waals surface area contributed by atoms with Gasteiger partial charge in [0.1, 0.15) is 13.2 Å². The summed E-state index contributed by atoms with van der Waals surface area (Å²) in [6.45, 7) is 4.23. The van der Waals surface area contributed by atoms with E-state index in [-0.39, 0.29) is 18.4 Å². The van der Waals surface area contributed by atoms with Crippen LogP contribution in [-0.4, -0.2) is 39.8 Å². The van der Waals surface area contributed by atoms with Gasteiger partial charge in [-0.05, 0) is 18.1 Å². The second kappa shape index (κ2) is 10.2.